The van der Waals surface area contributed by atoms with Gasteiger partial charge in [0.1, 0.15) is 23.4 Å². The van der Waals surface area contributed by atoms with Gasteiger partial charge in [0, 0.05) is 16.1 Å². The van der Waals surface area contributed by atoms with Gasteiger partial charge in [-0.2, -0.15) is 0 Å². The second-order valence-corrected chi connectivity index (χ2v) is 7.02. The summed E-state index contributed by atoms with van der Waals surface area (Å²) >= 11 is 5.92. The van der Waals surface area contributed by atoms with Gasteiger partial charge in [0.2, 0.25) is 0 Å². The molecule has 0 bridgehead atoms. The van der Waals surface area contributed by atoms with Gasteiger partial charge in [0.15, 0.2) is 5.75 Å². The Kier molecular flexibility index (Phi) is 5.45. The van der Waals surface area contributed by atoms with E-state index in [-0.39, 0.29) is 0 Å². The van der Waals surface area contributed by atoms with Crippen molar-refractivity contribution in [2.24, 2.45) is 0 Å². The van der Waals surface area contributed by atoms with Crippen molar-refractivity contribution < 1.29 is 14.3 Å². The molecule has 0 saturated heterocycles. The highest BCUT2D eigenvalue weighted by molar-refractivity contribution is 6.30. The van der Waals surface area contributed by atoms with Crippen LogP contribution in [0.25, 0.3) is 10.9 Å². The number of rotatable bonds is 5. The van der Waals surface area contributed by atoms with Gasteiger partial charge < -0.3 is 9.47 Å². The molecule has 0 N–H and O–H groups in total. The third kappa shape index (κ3) is 4.39. The van der Waals surface area contributed by atoms with Crippen LogP contribution in [-0.4, -0.2) is 11.0 Å². The minimum Gasteiger partial charge on any atom is -0.488 e. The SMILES string of the molecule is Cc1ccc2cccc(OC(=O)c3ccccc3OCc3ccc(Cl)cc3)c2n1. The van der Waals surface area contributed by atoms with Crippen molar-refractivity contribution >= 4 is 28.5 Å². The summed E-state index contributed by atoms with van der Waals surface area (Å²) in [6, 6.07) is 23.8. The number of esters is 1. The van der Waals surface area contributed by atoms with Crippen LogP contribution >= 0.6 is 11.6 Å². The monoisotopic (exact) mass is 403 g/mol. The summed E-state index contributed by atoms with van der Waals surface area (Å²) in [5, 5.41) is 1.57. The number of ether oxygens (including phenoxy) is 2. The maximum atomic E-state index is 12.9. The molecule has 0 saturated carbocycles. The highest BCUT2D eigenvalue weighted by Crippen LogP contribution is 2.27. The van der Waals surface area contributed by atoms with E-state index in [1.165, 1.54) is 0 Å². The number of para-hydroxylation sites is 2. The number of aryl methyl sites for hydroxylation is 1. The van der Waals surface area contributed by atoms with Gasteiger partial charge in [-0.05, 0) is 48.9 Å². The molecule has 4 rings (SSSR count). The largest absolute Gasteiger partial charge is 0.488 e. The molecule has 0 aliphatic heterocycles. The smallest absolute Gasteiger partial charge is 0.347 e. The van der Waals surface area contributed by atoms with E-state index in [9.17, 15) is 4.79 Å². The summed E-state index contributed by atoms with van der Waals surface area (Å²) in [7, 11) is 0. The maximum absolute atomic E-state index is 12.9. The molecule has 144 valence electrons. The number of hydrogen-bond acceptors (Lipinski definition) is 4. The van der Waals surface area contributed by atoms with Crippen LogP contribution in [0.1, 0.15) is 21.6 Å². The normalized spacial score (nSPS) is 10.7. The minimum absolute atomic E-state index is 0.316. The van der Waals surface area contributed by atoms with Gasteiger partial charge in [0.05, 0.1) is 0 Å². The first-order valence-electron chi connectivity index (χ1n) is 9.15. The predicted octanol–water partition coefficient (Wildman–Crippen LogP) is 5.99. The van der Waals surface area contributed by atoms with Crippen LogP contribution in [0, 0.1) is 6.92 Å². The highest BCUT2D eigenvalue weighted by Gasteiger charge is 2.16. The van der Waals surface area contributed by atoms with Crippen LogP contribution in [-0.2, 0) is 6.61 Å². The van der Waals surface area contributed by atoms with Crippen molar-refractivity contribution in [1.82, 2.24) is 4.98 Å². The molecule has 0 atom stereocenters. The predicted molar refractivity (Wildman–Crippen MR) is 114 cm³/mol. The third-order valence-corrected chi connectivity index (χ3v) is 4.69. The van der Waals surface area contributed by atoms with Crippen molar-refractivity contribution in [3.8, 4) is 11.5 Å². The first kappa shape index (κ1) is 19.0. The van der Waals surface area contributed by atoms with Crippen molar-refractivity contribution in [2.45, 2.75) is 13.5 Å². The molecule has 5 heteroatoms. The van der Waals surface area contributed by atoms with Gasteiger partial charge in [-0.25, -0.2) is 9.78 Å². The summed E-state index contributed by atoms with van der Waals surface area (Å²) in [6.07, 6.45) is 0. The molecular weight excluding hydrogens is 386 g/mol. The quantitative estimate of drug-likeness (QED) is 0.303. The summed E-state index contributed by atoms with van der Waals surface area (Å²) < 4.78 is 11.5. The molecule has 4 aromatic rings. The number of benzene rings is 3. The molecule has 4 nitrogen and oxygen atoms in total. The number of aromatic nitrogens is 1. The number of nitrogens with zero attached hydrogens (tertiary/aromatic N) is 1. The van der Waals surface area contributed by atoms with E-state index in [4.69, 9.17) is 21.1 Å². The molecule has 1 heterocycles. The standard InChI is InChI=1S/C24H18ClNO3/c1-16-9-12-18-5-4-8-22(23(18)26-16)29-24(27)20-6-2-3-7-21(20)28-15-17-10-13-19(25)14-11-17/h2-14H,15H2,1H3. The molecule has 29 heavy (non-hydrogen) atoms. The Hall–Kier alpha value is -3.37. The Morgan fingerprint density at radius 1 is 0.897 bits per heavy atom. The zero-order valence-corrected chi connectivity index (χ0v) is 16.5. The number of fused-ring (bicyclic) bond motifs is 1. The first-order chi connectivity index (χ1) is 14.1. The topological polar surface area (TPSA) is 48.4 Å². The number of halogens is 1. The average Bonchev–Trinajstić information content (AvgIpc) is 2.74. The zero-order valence-electron chi connectivity index (χ0n) is 15.8. The Bertz CT molecular complexity index is 1170. The van der Waals surface area contributed by atoms with Crippen LogP contribution in [0.2, 0.25) is 5.02 Å². The van der Waals surface area contributed by atoms with Crippen LogP contribution < -0.4 is 9.47 Å². The van der Waals surface area contributed by atoms with Crippen molar-refractivity contribution in [3.05, 3.63) is 101 Å². The Morgan fingerprint density at radius 3 is 2.48 bits per heavy atom. The average molecular weight is 404 g/mol. The van der Waals surface area contributed by atoms with Crippen LogP contribution in [0.15, 0.2) is 78.9 Å². The number of carbonyl (C=O) groups is 1. The van der Waals surface area contributed by atoms with E-state index in [1.807, 2.05) is 49.4 Å². The van der Waals surface area contributed by atoms with E-state index < -0.39 is 5.97 Å². The molecule has 3 aromatic carbocycles. The van der Waals surface area contributed by atoms with Gasteiger partial charge in [-0.15, -0.1) is 0 Å². The molecule has 1 aromatic heterocycles. The number of carbonyl (C=O) groups excluding carboxylic acids is 1. The van der Waals surface area contributed by atoms with Gasteiger partial charge >= 0.3 is 5.97 Å². The lowest BCUT2D eigenvalue weighted by molar-refractivity contribution is 0.0731. The van der Waals surface area contributed by atoms with E-state index >= 15 is 0 Å². The maximum Gasteiger partial charge on any atom is 0.347 e. The summed E-state index contributed by atoms with van der Waals surface area (Å²) in [5.41, 5.74) is 2.81. The molecule has 0 amide bonds. The Morgan fingerprint density at radius 2 is 1.66 bits per heavy atom. The second kappa shape index (κ2) is 8.33. The van der Waals surface area contributed by atoms with Crippen LogP contribution in [0.4, 0.5) is 0 Å². The fourth-order valence-corrected chi connectivity index (χ4v) is 3.08. The Labute approximate surface area is 173 Å². The van der Waals surface area contributed by atoms with Gasteiger partial charge in [0.25, 0.3) is 0 Å². The fraction of sp³-hybridized carbons (Fsp3) is 0.0833. The van der Waals surface area contributed by atoms with E-state index in [0.717, 1.165) is 16.6 Å². The summed E-state index contributed by atoms with van der Waals surface area (Å²) in [5.74, 6) is 0.382. The lowest BCUT2D eigenvalue weighted by Crippen LogP contribution is -2.11. The zero-order chi connectivity index (χ0) is 20.2. The minimum atomic E-state index is -0.493. The molecule has 0 aliphatic carbocycles. The van der Waals surface area contributed by atoms with Crippen LogP contribution in [0.3, 0.4) is 0 Å². The lowest BCUT2D eigenvalue weighted by atomic mass is 10.2. The molecule has 0 unspecified atom stereocenters. The molecule has 0 radical (unpaired) electrons. The summed E-state index contributed by atoms with van der Waals surface area (Å²) in [6.45, 7) is 2.22. The first-order valence-corrected chi connectivity index (χ1v) is 9.53. The number of hydrogen-bond donors (Lipinski definition) is 0. The van der Waals surface area contributed by atoms with E-state index in [0.29, 0.717) is 34.2 Å². The van der Waals surface area contributed by atoms with E-state index in [2.05, 4.69) is 4.98 Å². The summed E-state index contributed by atoms with van der Waals surface area (Å²) in [4.78, 5) is 17.4. The number of pyridine rings is 1. The lowest BCUT2D eigenvalue weighted by Gasteiger charge is -2.12. The molecular formula is C24H18ClNO3. The highest BCUT2D eigenvalue weighted by atomic mass is 35.5. The van der Waals surface area contributed by atoms with Gasteiger partial charge in [-0.3, -0.25) is 0 Å². The fourth-order valence-electron chi connectivity index (χ4n) is 2.96. The van der Waals surface area contributed by atoms with Crippen molar-refractivity contribution in [2.75, 3.05) is 0 Å². The van der Waals surface area contributed by atoms with Crippen LogP contribution in [0.5, 0.6) is 11.5 Å². The molecule has 0 aliphatic rings. The molecule has 0 spiro atoms. The Balaban J connectivity index is 1.57. The van der Waals surface area contributed by atoms with Crippen molar-refractivity contribution in [3.63, 3.8) is 0 Å². The molecule has 0 fully saturated rings. The van der Waals surface area contributed by atoms with Crippen molar-refractivity contribution in [1.29, 1.82) is 0 Å². The van der Waals surface area contributed by atoms with E-state index in [1.54, 1.807) is 36.4 Å². The second-order valence-electron chi connectivity index (χ2n) is 6.58. The van der Waals surface area contributed by atoms with Gasteiger partial charge in [-0.1, -0.05) is 54.1 Å². The third-order valence-electron chi connectivity index (χ3n) is 4.44.